The van der Waals surface area contributed by atoms with E-state index in [1.807, 2.05) is 11.8 Å². The average Bonchev–Trinajstić information content (AvgIpc) is 3.03. The molecule has 0 saturated carbocycles. The minimum absolute atomic E-state index is 0.454. The zero-order chi connectivity index (χ0) is 14.9. The van der Waals surface area contributed by atoms with E-state index in [0.29, 0.717) is 6.04 Å². The van der Waals surface area contributed by atoms with E-state index in [9.17, 15) is 0 Å². The van der Waals surface area contributed by atoms with Crippen LogP contribution < -0.4 is 5.32 Å². The Kier molecular flexibility index (Phi) is 7.62. The summed E-state index contributed by atoms with van der Waals surface area (Å²) in [7, 11) is 0. The highest BCUT2D eigenvalue weighted by atomic mass is 32.2. The molecule has 1 aliphatic rings. The predicted octanol–water partition coefficient (Wildman–Crippen LogP) is 4.33. The lowest BCUT2D eigenvalue weighted by Crippen LogP contribution is -2.20. The lowest BCUT2D eigenvalue weighted by molar-refractivity contribution is 0.341. The van der Waals surface area contributed by atoms with E-state index >= 15 is 0 Å². The number of rotatable bonds is 9. The summed E-state index contributed by atoms with van der Waals surface area (Å²) in [5.74, 6) is 1.23. The molecule has 1 aromatic rings. The summed E-state index contributed by atoms with van der Waals surface area (Å²) in [6.07, 6.45) is 5.30. The Morgan fingerprint density at radius 2 is 2.10 bits per heavy atom. The molecule has 118 valence electrons. The highest BCUT2D eigenvalue weighted by Crippen LogP contribution is 2.23. The van der Waals surface area contributed by atoms with Gasteiger partial charge in [-0.25, -0.2) is 0 Å². The quantitative estimate of drug-likeness (QED) is 0.540. The van der Waals surface area contributed by atoms with Crippen molar-refractivity contribution in [3.63, 3.8) is 0 Å². The number of likely N-dealkylation sites (tertiary alicyclic amines) is 1. The summed E-state index contributed by atoms with van der Waals surface area (Å²) >= 11 is 2.00. The van der Waals surface area contributed by atoms with E-state index < -0.39 is 0 Å². The van der Waals surface area contributed by atoms with Gasteiger partial charge in [0, 0.05) is 10.9 Å². The molecule has 1 unspecified atom stereocenters. The SMILES string of the molecule is CCCNC(C)c1cccc(SCCCN2CCCC2)c1. The molecule has 0 radical (unpaired) electrons. The average molecular weight is 307 g/mol. The van der Waals surface area contributed by atoms with E-state index in [1.165, 1.54) is 61.5 Å². The second kappa shape index (κ2) is 9.50. The molecular formula is C18H30N2S. The lowest BCUT2D eigenvalue weighted by Gasteiger charge is -2.15. The van der Waals surface area contributed by atoms with Gasteiger partial charge in [-0.05, 0) is 82.2 Å². The van der Waals surface area contributed by atoms with Crippen LogP contribution in [0.3, 0.4) is 0 Å². The summed E-state index contributed by atoms with van der Waals surface area (Å²) in [5.41, 5.74) is 1.41. The number of hydrogen-bond donors (Lipinski definition) is 1. The van der Waals surface area contributed by atoms with Crippen LogP contribution in [-0.2, 0) is 0 Å². The number of nitrogens with one attached hydrogen (secondary N) is 1. The van der Waals surface area contributed by atoms with Gasteiger partial charge in [0.05, 0.1) is 0 Å². The molecule has 0 bridgehead atoms. The third-order valence-corrected chi connectivity index (χ3v) is 5.22. The third-order valence-electron chi connectivity index (χ3n) is 4.14. The van der Waals surface area contributed by atoms with Crippen molar-refractivity contribution < 1.29 is 0 Å². The normalized spacial score (nSPS) is 17.2. The summed E-state index contributed by atoms with van der Waals surface area (Å²) < 4.78 is 0. The lowest BCUT2D eigenvalue weighted by atomic mass is 10.1. The Morgan fingerprint density at radius 3 is 2.86 bits per heavy atom. The number of benzene rings is 1. The summed E-state index contributed by atoms with van der Waals surface area (Å²) in [4.78, 5) is 4.02. The topological polar surface area (TPSA) is 15.3 Å². The molecule has 2 rings (SSSR count). The molecule has 0 amide bonds. The maximum absolute atomic E-state index is 3.56. The van der Waals surface area contributed by atoms with E-state index in [2.05, 4.69) is 48.3 Å². The standard InChI is InChI=1S/C18H30N2S/c1-3-10-19-16(2)17-8-6-9-18(15-17)21-14-7-13-20-11-4-5-12-20/h6,8-9,15-16,19H,3-5,7,10-14H2,1-2H3. The fourth-order valence-corrected chi connectivity index (χ4v) is 3.74. The predicted molar refractivity (Wildman–Crippen MR) is 94.2 cm³/mol. The van der Waals surface area contributed by atoms with Crippen LogP contribution in [-0.4, -0.2) is 36.8 Å². The zero-order valence-corrected chi connectivity index (χ0v) is 14.4. The Morgan fingerprint density at radius 1 is 1.29 bits per heavy atom. The van der Waals surface area contributed by atoms with Gasteiger partial charge >= 0.3 is 0 Å². The zero-order valence-electron chi connectivity index (χ0n) is 13.6. The van der Waals surface area contributed by atoms with Gasteiger partial charge in [0.2, 0.25) is 0 Å². The minimum Gasteiger partial charge on any atom is -0.310 e. The molecule has 0 spiro atoms. The van der Waals surface area contributed by atoms with Crippen molar-refractivity contribution in [2.24, 2.45) is 0 Å². The molecule has 1 aliphatic heterocycles. The monoisotopic (exact) mass is 306 g/mol. The Hall–Kier alpha value is -0.510. The fraction of sp³-hybridized carbons (Fsp3) is 0.667. The molecule has 0 aromatic heterocycles. The molecule has 21 heavy (non-hydrogen) atoms. The van der Waals surface area contributed by atoms with Crippen LogP contribution in [0.2, 0.25) is 0 Å². The second-order valence-corrected chi connectivity index (χ2v) is 7.17. The van der Waals surface area contributed by atoms with Crippen molar-refractivity contribution in [1.82, 2.24) is 10.2 Å². The molecule has 3 heteroatoms. The summed E-state index contributed by atoms with van der Waals surface area (Å²) in [6.45, 7) is 9.48. The molecular weight excluding hydrogens is 276 g/mol. The minimum atomic E-state index is 0.454. The maximum Gasteiger partial charge on any atom is 0.0292 e. The van der Waals surface area contributed by atoms with Gasteiger partial charge < -0.3 is 10.2 Å². The Balaban J connectivity index is 1.72. The maximum atomic E-state index is 3.56. The van der Waals surface area contributed by atoms with Gasteiger partial charge in [-0.1, -0.05) is 19.1 Å². The number of hydrogen-bond acceptors (Lipinski definition) is 3. The van der Waals surface area contributed by atoms with Gasteiger partial charge in [0.1, 0.15) is 0 Å². The molecule has 1 atom stereocenters. The summed E-state index contributed by atoms with van der Waals surface area (Å²) in [5, 5.41) is 3.56. The van der Waals surface area contributed by atoms with Crippen molar-refractivity contribution in [2.45, 2.75) is 50.5 Å². The first-order valence-corrected chi connectivity index (χ1v) is 9.46. The van der Waals surface area contributed by atoms with Crippen LogP contribution in [0, 0.1) is 0 Å². The van der Waals surface area contributed by atoms with Crippen LogP contribution in [0.25, 0.3) is 0 Å². The van der Waals surface area contributed by atoms with E-state index in [-0.39, 0.29) is 0 Å². The van der Waals surface area contributed by atoms with Gasteiger partial charge in [-0.2, -0.15) is 0 Å². The molecule has 0 aliphatic carbocycles. The molecule has 1 saturated heterocycles. The van der Waals surface area contributed by atoms with Gasteiger partial charge in [-0.3, -0.25) is 0 Å². The smallest absolute Gasteiger partial charge is 0.0292 e. The second-order valence-electron chi connectivity index (χ2n) is 6.00. The molecule has 1 aromatic carbocycles. The largest absolute Gasteiger partial charge is 0.310 e. The molecule has 1 N–H and O–H groups in total. The first-order valence-electron chi connectivity index (χ1n) is 8.48. The molecule has 2 nitrogen and oxygen atoms in total. The van der Waals surface area contributed by atoms with Gasteiger partial charge in [0.15, 0.2) is 0 Å². The van der Waals surface area contributed by atoms with Crippen LogP contribution >= 0.6 is 11.8 Å². The van der Waals surface area contributed by atoms with Crippen molar-refractivity contribution in [3.8, 4) is 0 Å². The van der Waals surface area contributed by atoms with Crippen molar-refractivity contribution in [2.75, 3.05) is 31.9 Å². The third kappa shape index (κ3) is 6.01. The van der Waals surface area contributed by atoms with Gasteiger partial charge in [0.25, 0.3) is 0 Å². The van der Waals surface area contributed by atoms with Crippen molar-refractivity contribution in [3.05, 3.63) is 29.8 Å². The number of thioether (sulfide) groups is 1. The van der Waals surface area contributed by atoms with Crippen LogP contribution in [0.1, 0.15) is 51.1 Å². The Bertz CT molecular complexity index is 402. The highest BCUT2D eigenvalue weighted by molar-refractivity contribution is 7.99. The number of nitrogens with zero attached hydrogens (tertiary/aromatic N) is 1. The van der Waals surface area contributed by atoms with E-state index in [0.717, 1.165) is 6.54 Å². The van der Waals surface area contributed by atoms with Crippen LogP contribution in [0.4, 0.5) is 0 Å². The van der Waals surface area contributed by atoms with E-state index in [4.69, 9.17) is 0 Å². The van der Waals surface area contributed by atoms with Gasteiger partial charge in [-0.15, -0.1) is 11.8 Å². The van der Waals surface area contributed by atoms with Crippen molar-refractivity contribution in [1.29, 1.82) is 0 Å². The molecule has 1 heterocycles. The molecule has 1 fully saturated rings. The first-order chi connectivity index (χ1) is 10.3. The summed E-state index contributed by atoms with van der Waals surface area (Å²) in [6, 6.07) is 9.49. The van der Waals surface area contributed by atoms with Crippen molar-refractivity contribution >= 4 is 11.8 Å². The highest BCUT2D eigenvalue weighted by Gasteiger charge is 2.10. The first kappa shape index (κ1) is 16.9. The van der Waals surface area contributed by atoms with Crippen LogP contribution in [0.5, 0.6) is 0 Å². The van der Waals surface area contributed by atoms with E-state index in [1.54, 1.807) is 0 Å². The van der Waals surface area contributed by atoms with Crippen LogP contribution in [0.15, 0.2) is 29.2 Å². The Labute approximate surface area is 134 Å². The fourth-order valence-electron chi connectivity index (χ4n) is 2.84.